The molecule has 0 aliphatic heterocycles. The van der Waals surface area contributed by atoms with Crippen LogP contribution in [-0.2, 0) is 9.53 Å². The Bertz CT molecular complexity index is 170. The first-order chi connectivity index (χ1) is 6.42. The van der Waals surface area contributed by atoms with E-state index in [2.05, 4.69) is 0 Å². The van der Waals surface area contributed by atoms with Crippen molar-refractivity contribution < 1.29 is 9.53 Å². The average molecular weight is 278 g/mol. The number of carbonyl (C=O) groups excluding carboxylic acids is 1. The zero-order chi connectivity index (χ0) is 11.0. The third-order valence-electron chi connectivity index (χ3n) is 1.66. The second-order valence-corrected chi connectivity index (χ2v) is 12.4. The van der Waals surface area contributed by atoms with E-state index in [1.54, 1.807) is 0 Å². The smallest absolute Gasteiger partial charge is 0.341 e. The van der Waals surface area contributed by atoms with Gasteiger partial charge in [0.15, 0.2) is 0 Å². The highest BCUT2D eigenvalue weighted by molar-refractivity contribution is 7.64. The zero-order valence-corrected chi connectivity index (χ0v) is 11.5. The van der Waals surface area contributed by atoms with E-state index in [0.717, 1.165) is 25.7 Å². The lowest BCUT2D eigenvalue weighted by Crippen LogP contribution is -2.07. The molecule has 0 atom stereocenters. The molecule has 0 bridgehead atoms. The molecule has 0 aromatic heterocycles. The van der Waals surface area contributed by atoms with Crippen LogP contribution in [0.15, 0.2) is 0 Å². The molecule has 2 nitrogen and oxygen atoms in total. The normalized spacial score (nSPS) is 11.4. The molecular weight excluding hydrogens is 263 g/mol. The fraction of sp³-hybridized carbons (Fsp3) is 0.875. The van der Waals surface area contributed by atoms with Crippen LogP contribution in [0.1, 0.15) is 32.6 Å². The monoisotopic (exact) mass is 276 g/mol. The van der Waals surface area contributed by atoms with Crippen molar-refractivity contribution in [3.8, 4) is 0 Å². The van der Waals surface area contributed by atoms with Gasteiger partial charge in [-0.1, -0.05) is 19.3 Å². The number of carbonyl (C=O) groups is 1. The van der Waals surface area contributed by atoms with Gasteiger partial charge in [0, 0.05) is 6.92 Å². The average Bonchev–Trinajstić information content (AvgIpc) is 2.00. The molecule has 0 saturated heterocycles. The fourth-order valence-corrected chi connectivity index (χ4v) is 2.85. The second kappa shape index (κ2) is 7.80. The summed E-state index contributed by atoms with van der Waals surface area (Å²) in [5, 5.41) is 0. The van der Waals surface area contributed by atoms with Crippen molar-refractivity contribution >= 4 is 45.2 Å². The summed E-state index contributed by atoms with van der Waals surface area (Å²) in [6.45, 7) is 1.91. The molecule has 0 fully saturated rings. The fourth-order valence-electron chi connectivity index (χ4n) is 0.997. The summed E-state index contributed by atoms with van der Waals surface area (Å²) in [4.78, 5) is 10.4. The van der Waals surface area contributed by atoms with Gasteiger partial charge in [0.2, 0.25) is 0 Å². The third kappa shape index (κ3) is 12.6. The lowest BCUT2D eigenvalue weighted by Gasteiger charge is -2.06. The molecule has 0 aromatic rings. The Kier molecular flexibility index (Phi) is 8.11. The maximum atomic E-state index is 10.4. The van der Waals surface area contributed by atoms with Gasteiger partial charge in [-0.2, -0.15) is 0 Å². The van der Waals surface area contributed by atoms with Crippen molar-refractivity contribution in [3.63, 3.8) is 0 Å². The topological polar surface area (TPSA) is 26.3 Å². The van der Waals surface area contributed by atoms with Crippen molar-refractivity contribution in [2.45, 2.75) is 38.7 Å². The van der Waals surface area contributed by atoms with Crippen LogP contribution in [0.3, 0.4) is 0 Å². The summed E-state index contributed by atoms with van der Waals surface area (Å²) in [6.07, 6.45) is 3.88. The van der Waals surface area contributed by atoms with E-state index in [1.165, 1.54) is 6.92 Å². The standard InChI is InChI=1S/C8H15Cl3O2Si/c1-8(12)13-6-4-2-3-5-7-14(9,10)11/h2-7H2,1H3. The third-order valence-corrected chi connectivity index (χ3v) is 4.28. The van der Waals surface area contributed by atoms with Crippen LogP contribution in [0.4, 0.5) is 0 Å². The molecule has 0 radical (unpaired) electrons. The molecule has 0 aromatic carbocycles. The molecule has 0 heterocycles. The predicted octanol–water partition coefficient (Wildman–Crippen LogP) is 3.77. The van der Waals surface area contributed by atoms with Crippen LogP contribution in [-0.4, -0.2) is 18.6 Å². The zero-order valence-electron chi connectivity index (χ0n) is 8.19. The Hall–Kier alpha value is 0.557. The van der Waals surface area contributed by atoms with Crippen LogP contribution < -0.4 is 0 Å². The Morgan fingerprint density at radius 3 is 2.21 bits per heavy atom. The van der Waals surface area contributed by atoms with Crippen molar-refractivity contribution in [1.29, 1.82) is 0 Å². The molecule has 84 valence electrons. The van der Waals surface area contributed by atoms with Crippen molar-refractivity contribution in [2.75, 3.05) is 6.61 Å². The first kappa shape index (κ1) is 14.6. The molecular formula is C8H15Cl3O2Si. The highest BCUT2D eigenvalue weighted by Crippen LogP contribution is 2.27. The molecule has 0 N–H and O–H groups in total. The summed E-state index contributed by atoms with van der Waals surface area (Å²) in [5.74, 6) is -0.223. The van der Waals surface area contributed by atoms with E-state index >= 15 is 0 Å². The quantitative estimate of drug-likeness (QED) is 0.306. The van der Waals surface area contributed by atoms with E-state index in [0.29, 0.717) is 12.7 Å². The predicted molar refractivity (Wildman–Crippen MR) is 63.2 cm³/mol. The minimum Gasteiger partial charge on any atom is -0.466 e. The molecule has 14 heavy (non-hydrogen) atoms. The Morgan fingerprint density at radius 1 is 1.14 bits per heavy atom. The van der Waals surface area contributed by atoms with Crippen LogP contribution in [0, 0.1) is 0 Å². The van der Waals surface area contributed by atoms with E-state index in [1.807, 2.05) is 0 Å². The van der Waals surface area contributed by atoms with Gasteiger partial charge in [0.05, 0.1) is 6.61 Å². The highest BCUT2D eigenvalue weighted by Gasteiger charge is 2.23. The molecule has 0 saturated carbocycles. The first-order valence-electron chi connectivity index (χ1n) is 4.62. The van der Waals surface area contributed by atoms with Gasteiger partial charge in [0.25, 0.3) is 0 Å². The number of rotatable bonds is 7. The van der Waals surface area contributed by atoms with Crippen LogP contribution in [0.5, 0.6) is 0 Å². The van der Waals surface area contributed by atoms with Gasteiger partial charge in [-0.25, -0.2) is 0 Å². The molecule has 0 rings (SSSR count). The Balaban J connectivity index is 3.11. The summed E-state index contributed by atoms with van der Waals surface area (Å²) in [6, 6.07) is -1.70. The molecule has 0 amide bonds. The number of esters is 1. The summed E-state index contributed by atoms with van der Waals surface area (Å²) in [7, 11) is 0. The SMILES string of the molecule is CC(=O)OCCCCCC[Si](Cl)(Cl)Cl. The Labute approximate surface area is 100.0 Å². The molecule has 0 unspecified atom stereocenters. The number of unbranched alkanes of at least 4 members (excludes halogenated alkanes) is 3. The maximum Gasteiger partial charge on any atom is 0.341 e. The van der Waals surface area contributed by atoms with Gasteiger partial charge in [0.1, 0.15) is 0 Å². The summed E-state index contributed by atoms with van der Waals surface area (Å²) >= 11 is 17.1. The lowest BCUT2D eigenvalue weighted by molar-refractivity contribution is -0.141. The van der Waals surface area contributed by atoms with E-state index in [-0.39, 0.29) is 5.97 Å². The van der Waals surface area contributed by atoms with Crippen molar-refractivity contribution in [3.05, 3.63) is 0 Å². The minimum atomic E-state index is -2.41. The molecule has 0 aliphatic rings. The van der Waals surface area contributed by atoms with Gasteiger partial charge in [-0.3, -0.25) is 4.79 Å². The molecule has 0 spiro atoms. The van der Waals surface area contributed by atoms with Crippen molar-refractivity contribution in [2.24, 2.45) is 0 Å². The van der Waals surface area contributed by atoms with E-state index in [9.17, 15) is 4.79 Å². The number of halogens is 3. The first-order valence-corrected chi connectivity index (χ1v) is 9.86. The molecule has 6 heteroatoms. The second-order valence-electron chi connectivity index (χ2n) is 3.12. The van der Waals surface area contributed by atoms with Gasteiger partial charge in [-0.05, 0) is 12.5 Å². The van der Waals surface area contributed by atoms with Crippen molar-refractivity contribution in [1.82, 2.24) is 0 Å². The van der Waals surface area contributed by atoms with Gasteiger partial charge in [-0.15, -0.1) is 33.2 Å². The lowest BCUT2D eigenvalue weighted by atomic mass is 10.2. The Morgan fingerprint density at radius 2 is 1.71 bits per heavy atom. The number of ether oxygens (including phenoxy) is 1. The van der Waals surface area contributed by atoms with Crippen LogP contribution in [0.2, 0.25) is 6.04 Å². The van der Waals surface area contributed by atoms with E-state index in [4.69, 9.17) is 38.0 Å². The van der Waals surface area contributed by atoms with E-state index < -0.39 is 6.00 Å². The minimum absolute atomic E-state index is 0.223. The number of hydrogen-bond acceptors (Lipinski definition) is 2. The summed E-state index contributed by atoms with van der Waals surface area (Å²) in [5.41, 5.74) is 0. The highest BCUT2D eigenvalue weighted by atomic mass is 35.8. The summed E-state index contributed by atoms with van der Waals surface area (Å²) < 4.78 is 4.78. The van der Waals surface area contributed by atoms with Gasteiger partial charge >= 0.3 is 12.0 Å². The number of hydrogen-bond donors (Lipinski definition) is 0. The molecule has 0 aliphatic carbocycles. The maximum absolute atomic E-state index is 10.4. The van der Waals surface area contributed by atoms with Crippen LogP contribution >= 0.6 is 33.2 Å². The van der Waals surface area contributed by atoms with Gasteiger partial charge < -0.3 is 4.74 Å². The van der Waals surface area contributed by atoms with Crippen LogP contribution in [0.25, 0.3) is 0 Å². The largest absolute Gasteiger partial charge is 0.466 e.